The van der Waals surface area contributed by atoms with Crippen molar-refractivity contribution in [2.75, 3.05) is 27.3 Å². The van der Waals surface area contributed by atoms with Crippen LogP contribution in [0.3, 0.4) is 0 Å². The molecule has 3 rings (SSSR count). The number of methoxy groups -OCH3 is 1. The first-order chi connectivity index (χ1) is 14.5. The molecule has 0 saturated carbocycles. The normalized spacial score (nSPS) is 15.7. The lowest BCUT2D eigenvalue weighted by molar-refractivity contribution is -0.134. The molecule has 0 spiro atoms. The highest BCUT2D eigenvalue weighted by Gasteiger charge is 2.37. The molecule has 1 saturated heterocycles. The van der Waals surface area contributed by atoms with Crippen LogP contribution in [0.25, 0.3) is 0 Å². The van der Waals surface area contributed by atoms with Crippen molar-refractivity contribution in [1.29, 1.82) is 0 Å². The maximum absolute atomic E-state index is 13.2. The van der Waals surface area contributed by atoms with Gasteiger partial charge in [0.15, 0.2) is 0 Å². The molecule has 0 N–H and O–H groups in total. The number of benzene rings is 2. The van der Waals surface area contributed by atoms with Crippen LogP contribution in [0.5, 0.6) is 11.5 Å². The van der Waals surface area contributed by atoms with Gasteiger partial charge in [-0.05, 0) is 44.0 Å². The minimum Gasteiger partial charge on any atom is -0.496 e. The predicted molar refractivity (Wildman–Crippen MR) is 116 cm³/mol. The van der Waals surface area contributed by atoms with Gasteiger partial charge in [-0.25, -0.2) is 0 Å². The number of para-hydroxylation sites is 1. The maximum atomic E-state index is 13.2. The lowest BCUT2D eigenvalue weighted by Gasteiger charge is -2.29. The van der Waals surface area contributed by atoms with Crippen LogP contribution in [0.4, 0.5) is 0 Å². The summed E-state index contributed by atoms with van der Waals surface area (Å²) >= 11 is 6.09. The van der Waals surface area contributed by atoms with Crippen LogP contribution >= 0.6 is 11.6 Å². The highest BCUT2D eigenvalue weighted by Crippen LogP contribution is 2.29. The number of rotatable bonds is 7. The van der Waals surface area contributed by atoms with E-state index in [1.165, 1.54) is 7.11 Å². The molecule has 30 heavy (non-hydrogen) atoms. The Kier molecular flexibility index (Phi) is 7.21. The minimum atomic E-state index is -0.509. The standard InChI is InChI=1S/C23H27ClN2O4/c1-4-30-20-10-6-5-8-16(20)15-25(2)23(28)19-9-7-13-26(19)22(27)18-14-17(24)11-12-21(18)29-3/h5-6,8,10-12,14,19H,4,7,9,13,15H2,1-3H3/t19-/m0/s1. The van der Waals surface area contributed by atoms with Crippen molar-refractivity contribution >= 4 is 23.4 Å². The first kappa shape index (κ1) is 22.0. The van der Waals surface area contributed by atoms with Crippen LogP contribution in [0.15, 0.2) is 42.5 Å². The summed E-state index contributed by atoms with van der Waals surface area (Å²) < 4.78 is 11.0. The van der Waals surface area contributed by atoms with E-state index in [2.05, 4.69) is 0 Å². The topological polar surface area (TPSA) is 59.1 Å². The van der Waals surface area contributed by atoms with Crippen molar-refractivity contribution in [3.05, 3.63) is 58.6 Å². The van der Waals surface area contributed by atoms with Gasteiger partial charge < -0.3 is 19.3 Å². The zero-order valence-corrected chi connectivity index (χ0v) is 18.3. The largest absolute Gasteiger partial charge is 0.496 e. The molecular weight excluding hydrogens is 404 g/mol. The van der Waals surface area contributed by atoms with Gasteiger partial charge in [0.1, 0.15) is 17.5 Å². The molecule has 6 nitrogen and oxygen atoms in total. The molecule has 1 aliphatic heterocycles. The fourth-order valence-corrected chi connectivity index (χ4v) is 3.96. The van der Waals surface area contributed by atoms with E-state index in [9.17, 15) is 9.59 Å². The number of halogens is 1. The van der Waals surface area contributed by atoms with Gasteiger partial charge in [0.05, 0.1) is 19.3 Å². The van der Waals surface area contributed by atoms with Crippen LogP contribution in [-0.2, 0) is 11.3 Å². The second-order valence-electron chi connectivity index (χ2n) is 7.24. The van der Waals surface area contributed by atoms with E-state index in [4.69, 9.17) is 21.1 Å². The van der Waals surface area contributed by atoms with E-state index in [1.54, 1.807) is 35.0 Å². The van der Waals surface area contributed by atoms with E-state index in [0.29, 0.717) is 42.5 Å². The molecule has 160 valence electrons. The molecule has 1 atom stereocenters. The number of likely N-dealkylation sites (tertiary alicyclic amines) is 1. The van der Waals surface area contributed by atoms with Gasteiger partial charge in [-0.15, -0.1) is 0 Å². The Hall–Kier alpha value is -2.73. The molecule has 1 heterocycles. The average molecular weight is 431 g/mol. The van der Waals surface area contributed by atoms with Crippen LogP contribution in [0.1, 0.15) is 35.7 Å². The van der Waals surface area contributed by atoms with Crippen molar-refractivity contribution in [3.8, 4) is 11.5 Å². The Morgan fingerprint density at radius 1 is 1.20 bits per heavy atom. The number of amides is 2. The molecule has 2 aromatic carbocycles. The highest BCUT2D eigenvalue weighted by molar-refractivity contribution is 6.31. The number of likely N-dealkylation sites (N-methyl/N-ethyl adjacent to an activating group) is 1. The summed E-state index contributed by atoms with van der Waals surface area (Å²) in [6.45, 7) is 3.42. The second kappa shape index (κ2) is 9.85. The lowest BCUT2D eigenvalue weighted by atomic mass is 10.1. The second-order valence-corrected chi connectivity index (χ2v) is 7.67. The van der Waals surface area contributed by atoms with Gasteiger partial charge >= 0.3 is 0 Å². The fraction of sp³-hybridized carbons (Fsp3) is 0.391. The molecule has 0 aromatic heterocycles. The van der Waals surface area contributed by atoms with Gasteiger partial charge in [0, 0.05) is 30.7 Å². The van der Waals surface area contributed by atoms with Crippen molar-refractivity contribution in [2.24, 2.45) is 0 Å². The third-order valence-electron chi connectivity index (χ3n) is 5.25. The molecule has 1 aliphatic rings. The summed E-state index contributed by atoms with van der Waals surface area (Å²) in [4.78, 5) is 29.7. The lowest BCUT2D eigenvalue weighted by Crippen LogP contribution is -2.46. The van der Waals surface area contributed by atoms with Crippen molar-refractivity contribution < 1.29 is 19.1 Å². The predicted octanol–water partition coefficient (Wildman–Crippen LogP) is 4.01. The van der Waals surface area contributed by atoms with Gasteiger partial charge in [-0.2, -0.15) is 0 Å². The average Bonchev–Trinajstić information content (AvgIpc) is 3.24. The first-order valence-corrected chi connectivity index (χ1v) is 10.4. The van der Waals surface area contributed by atoms with Crippen LogP contribution < -0.4 is 9.47 Å². The molecule has 0 radical (unpaired) electrons. The molecule has 1 fully saturated rings. The number of nitrogens with zero attached hydrogens (tertiary/aromatic N) is 2. The minimum absolute atomic E-state index is 0.0897. The Labute approximate surface area is 182 Å². The number of carbonyl (C=O) groups excluding carboxylic acids is 2. The Morgan fingerprint density at radius 3 is 2.70 bits per heavy atom. The van der Waals surface area contributed by atoms with Crippen molar-refractivity contribution in [3.63, 3.8) is 0 Å². The summed E-state index contributed by atoms with van der Waals surface area (Å²) in [5, 5.41) is 0.450. The van der Waals surface area contributed by atoms with E-state index < -0.39 is 6.04 Å². The van der Waals surface area contributed by atoms with Crippen LogP contribution in [-0.4, -0.2) is 55.0 Å². The molecule has 7 heteroatoms. The van der Waals surface area contributed by atoms with Gasteiger partial charge in [0.2, 0.25) is 5.91 Å². The van der Waals surface area contributed by atoms with Gasteiger partial charge in [0.25, 0.3) is 5.91 Å². The van der Waals surface area contributed by atoms with Crippen molar-refractivity contribution in [1.82, 2.24) is 9.80 Å². The van der Waals surface area contributed by atoms with E-state index >= 15 is 0 Å². The number of hydrogen-bond acceptors (Lipinski definition) is 4. The molecule has 2 aromatic rings. The summed E-state index contributed by atoms with van der Waals surface area (Å²) in [5.74, 6) is 0.880. The molecule has 0 aliphatic carbocycles. The Bertz CT molecular complexity index is 918. The van der Waals surface area contributed by atoms with Crippen molar-refractivity contribution in [2.45, 2.75) is 32.4 Å². The number of hydrogen-bond donors (Lipinski definition) is 0. The van der Waals surface area contributed by atoms with Crippen LogP contribution in [0.2, 0.25) is 5.02 Å². The van der Waals surface area contributed by atoms with E-state index in [1.807, 2.05) is 31.2 Å². The molecular formula is C23H27ClN2O4. The number of carbonyl (C=O) groups is 2. The SMILES string of the molecule is CCOc1ccccc1CN(C)C(=O)[C@@H]1CCCN1C(=O)c1cc(Cl)ccc1OC. The highest BCUT2D eigenvalue weighted by atomic mass is 35.5. The number of ether oxygens (including phenoxy) is 2. The first-order valence-electron chi connectivity index (χ1n) is 10.1. The third-order valence-corrected chi connectivity index (χ3v) is 5.48. The van der Waals surface area contributed by atoms with E-state index in [-0.39, 0.29) is 11.8 Å². The molecule has 0 unspecified atom stereocenters. The zero-order valence-electron chi connectivity index (χ0n) is 17.6. The summed E-state index contributed by atoms with van der Waals surface area (Å²) in [6, 6.07) is 12.1. The molecule has 0 bridgehead atoms. The summed E-state index contributed by atoms with van der Waals surface area (Å²) in [7, 11) is 3.27. The van der Waals surface area contributed by atoms with Gasteiger partial charge in [-0.3, -0.25) is 9.59 Å². The molecule has 2 amide bonds. The maximum Gasteiger partial charge on any atom is 0.258 e. The smallest absolute Gasteiger partial charge is 0.258 e. The van der Waals surface area contributed by atoms with E-state index in [0.717, 1.165) is 17.7 Å². The summed E-state index contributed by atoms with van der Waals surface area (Å²) in [5.41, 5.74) is 1.30. The fourth-order valence-electron chi connectivity index (χ4n) is 3.79. The quantitative estimate of drug-likeness (QED) is 0.665. The Balaban J connectivity index is 1.77. The van der Waals surface area contributed by atoms with Crippen LogP contribution in [0, 0.1) is 0 Å². The summed E-state index contributed by atoms with van der Waals surface area (Å²) in [6.07, 6.45) is 1.40. The third kappa shape index (κ3) is 4.70. The monoisotopic (exact) mass is 430 g/mol. The van der Waals surface area contributed by atoms with Gasteiger partial charge in [-0.1, -0.05) is 29.8 Å². The Morgan fingerprint density at radius 2 is 1.97 bits per heavy atom. The zero-order chi connectivity index (χ0) is 21.7.